The summed E-state index contributed by atoms with van der Waals surface area (Å²) in [4.78, 5) is 2.47. The van der Waals surface area contributed by atoms with Gasteiger partial charge in [-0.05, 0) is 62.5 Å². The number of nitrogens with one attached hydrogen (secondary N) is 1. The van der Waals surface area contributed by atoms with Crippen LogP contribution >= 0.6 is 0 Å². The minimum atomic E-state index is -0.541. The smallest absolute Gasteiger partial charge is 0.115 e. The van der Waals surface area contributed by atoms with E-state index >= 15 is 0 Å². The third-order valence-electron chi connectivity index (χ3n) is 7.19. The summed E-state index contributed by atoms with van der Waals surface area (Å²) >= 11 is 0. The average molecular weight is 344 g/mol. The normalized spacial score (nSPS) is 34.5. The van der Waals surface area contributed by atoms with E-state index in [1.165, 1.54) is 17.5 Å². The molecule has 3 aliphatic rings. The summed E-state index contributed by atoms with van der Waals surface area (Å²) in [5.41, 5.74) is 2.13. The topological polar surface area (TPSA) is 55.7 Å². The number of hydrogen-bond donors (Lipinski definition) is 3. The molecular weight excluding hydrogens is 312 g/mol. The molecule has 2 fully saturated rings. The number of hydrogen-bond acceptors (Lipinski definition) is 4. The van der Waals surface area contributed by atoms with Crippen LogP contribution in [0.1, 0.15) is 56.6 Å². The Morgan fingerprint density at radius 1 is 1.20 bits per heavy atom. The van der Waals surface area contributed by atoms with E-state index < -0.39 is 5.60 Å². The Morgan fingerprint density at radius 3 is 2.72 bits per heavy atom. The summed E-state index contributed by atoms with van der Waals surface area (Å²) in [6, 6.07) is 6.64. The lowest BCUT2D eigenvalue weighted by molar-refractivity contribution is -0.0114. The van der Waals surface area contributed by atoms with Crippen LogP contribution < -0.4 is 5.32 Å². The number of fused-ring (bicyclic) bond motifs is 4. The van der Waals surface area contributed by atoms with Gasteiger partial charge in [-0.2, -0.15) is 0 Å². The van der Waals surface area contributed by atoms with Crippen molar-refractivity contribution in [2.24, 2.45) is 0 Å². The van der Waals surface area contributed by atoms with E-state index in [9.17, 15) is 10.2 Å². The first-order valence-electron chi connectivity index (χ1n) is 9.90. The third-order valence-corrected chi connectivity index (χ3v) is 7.19. The molecule has 0 spiro atoms. The lowest BCUT2D eigenvalue weighted by Gasteiger charge is -2.55. The van der Waals surface area contributed by atoms with E-state index in [0.717, 1.165) is 45.1 Å². The number of piperidine rings is 1. The van der Waals surface area contributed by atoms with Gasteiger partial charge >= 0.3 is 0 Å². The van der Waals surface area contributed by atoms with E-state index in [-0.39, 0.29) is 5.41 Å². The molecule has 0 aromatic heterocycles. The van der Waals surface area contributed by atoms with Crippen molar-refractivity contribution >= 4 is 0 Å². The van der Waals surface area contributed by atoms with Crippen molar-refractivity contribution in [2.75, 3.05) is 20.1 Å². The molecule has 4 heteroatoms. The van der Waals surface area contributed by atoms with E-state index in [0.29, 0.717) is 24.4 Å². The van der Waals surface area contributed by atoms with Gasteiger partial charge in [-0.15, -0.1) is 0 Å². The maximum atomic E-state index is 10.9. The standard InChI is InChI=1S/C21H32N2O2/c1-20-10-11-23(2)18(12-15-6-7-16(24)13-17(15)20)19(20)22-14-21(25)8-4-3-5-9-21/h6-7,13,18-19,22,24-25H,3-5,8-12,14H2,1-2H3/t18-,19-,20+/m1/s1. The average Bonchev–Trinajstić information content (AvgIpc) is 2.59. The van der Waals surface area contributed by atoms with Crippen LogP contribution in [0.2, 0.25) is 0 Å². The molecule has 1 heterocycles. The molecule has 1 aromatic carbocycles. The minimum Gasteiger partial charge on any atom is -0.508 e. The van der Waals surface area contributed by atoms with Crippen LogP contribution in [0.5, 0.6) is 5.75 Å². The highest BCUT2D eigenvalue weighted by atomic mass is 16.3. The van der Waals surface area contributed by atoms with Crippen molar-refractivity contribution in [2.45, 2.75) is 75.0 Å². The first-order valence-corrected chi connectivity index (χ1v) is 9.90. The molecule has 3 atom stereocenters. The van der Waals surface area contributed by atoms with Gasteiger partial charge in [0.1, 0.15) is 5.75 Å². The van der Waals surface area contributed by atoms with E-state index in [1.807, 2.05) is 12.1 Å². The summed E-state index contributed by atoms with van der Waals surface area (Å²) in [5.74, 6) is 0.363. The second-order valence-corrected chi connectivity index (χ2v) is 8.90. The number of phenolic OH excluding ortho intramolecular Hbond substituents is 1. The van der Waals surface area contributed by atoms with Gasteiger partial charge in [-0.3, -0.25) is 0 Å². The number of aliphatic hydroxyl groups is 1. The zero-order chi connectivity index (χ0) is 17.7. The van der Waals surface area contributed by atoms with Gasteiger partial charge in [0.25, 0.3) is 0 Å². The molecule has 0 unspecified atom stereocenters. The number of benzene rings is 1. The lowest BCUT2D eigenvalue weighted by atomic mass is 9.61. The Bertz CT molecular complexity index is 641. The third kappa shape index (κ3) is 2.98. The van der Waals surface area contributed by atoms with Crippen LogP contribution in [-0.2, 0) is 11.8 Å². The first kappa shape index (κ1) is 17.3. The van der Waals surface area contributed by atoms with Crippen molar-refractivity contribution in [1.82, 2.24) is 10.2 Å². The summed E-state index contributed by atoms with van der Waals surface area (Å²) < 4.78 is 0. The van der Waals surface area contributed by atoms with Gasteiger partial charge in [0.05, 0.1) is 5.60 Å². The summed E-state index contributed by atoms with van der Waals surface area (Å²) in [6.45, 7) is 4.11. The monoisotopic (exact) mass is 344 g/mol. The highest BCUT2D eigenvalue weighted by Gasteiger charge is 2.50. The minimum absolute atomic E-state index is 0.00846. The van der Waals surface area contributed by atoms with Crippen LogP contribution in [0.25, 0.3) is 0 Å². The molecule has 1 saturated heterocycles. The maximum Gasteiger partial charge on any atom is 0.115 e. The van der Waals surface area contributed by atoms with Crippen molar-refractivity contribution in [3.05, 3.63) is 29.3 Å². The molecule has 0 amide bonds. The molecule has 0 radical (unpaired) electrons. The molecule has 4 nitrogen and oxygen atoms in total. The Balaban J connectivity index is 1.62. The van der Waals surface area contributed by atoms with Crippen molar-refractivity contribution in [3.63, 3.8) is 0 Å². The molecule has 25 heavy (non-hydrogen) atoms. The fraction of sp³-hybridized carbons (Fsp3) is 0.714. The van der Waals surface area contributed by atoms with Gasteiger partial charge in [-0.1, -0.05) is 32.3 Å². The Kier molecular flexibility index (Phi) is 4.33. The number of phenols is 1. The zero-order valence-electron chi connectivity index (χ0n) is 15.6. The van der Waals surface area contributed by atoms with Crippen molar-refractivity contribution in [3.8, 4) is 5.75 Å². The first-order chi connectivity index (χ1) is 11.9. The lowest BCUT2D eigenvalue weighted by Crippen LogP contribution is -2.67. The number of aromatic hydroxyl groups is 1. The predicted molar refractivity (Wildman–Crippen MR) is 100 cm³/mol. The molecule has 1 aromatic rings. The number of likely N-dealkylation sites (N-methyl/N-ethyl adjacent to an activating group) is 1. The predicted octanol–water partition coefficient (Wildman–Crippen LogP) is 2.56. The number of rotatable bonds is 3. The molecule has 3 N–H and O–H groups in total. The molecule has 2 bridgehead atoms. The van der Waals surface area contributed by atoms with Crippen LogP contribution in [-0.4, -0.2) is 52.9 Å². The molecule has 1 aliphatic heterocycles. The molecular formula is C21H32N2O2. The SMILES string of the molecule is CN1CC[C@@]2(C)c3cc(O)ccc3C[C@@H]1[C@H]2NCC1(O)CCCCC1. The molecule has 2 aliphatic carbocycles. The van der Waals surface area contributed by atoms with Crippen LogP contribution in [0, 0.1) is 0 Å². The second-order valence-electron chi connectivity index (χ2n) is 8.90. The van der Waals surface area contributed by atoms with Gasteiger partial charge in [0.15, 0.2) is 0 Å². The summed E-state index contributed by atoms with van der Waals surface area (Å²) in [7, 11) is 2.22. The van der Waals surface area contributed by atoms with Gasteiger partial charge in [-0.25, -0.2) is 0 Å². The molecule has 138 valence electrons. The van der Waals surface area contributed by atoms with Crippen LogP contribution in [0.15, 0.2) is 18.2 Å². The largest absolute Gasteiger partial charge is 0.508 e. The fourth-order valence-corrected chi connectivity index (χ4v) is 5.53. The summed E-state index contributed by atoms with van der Waals surface area (Å²) in [5, 5.41) is 24.8. The zero-order valence-corrected chi connectivity index (χ0v) is 15.6. The van der Waals surface area contributed by atoms with Gasteiger partial charge in [0, 0.05) is 24.0 Å². The van der Waals surface area contributed by atoms with E-state index in [2.05, 4.69) is 30.3 Å². The second kappa shape index (κ2) is 6.26. The summed E-state index contributed by atoms with van der Waals surface area (Å²) in [6.07, 6.45) is 7.45. The van der Waals surface area contributed by atoms with E-state index in [4.69, 9.17) is 0 Å². The molecule has 1 saturated carbocycles. The van der Waals surface area contributed by atoms with E-state index in [1.54, 1.807) is 0 Å². The molecule has 4 rings (SSSR count). The fourth-order valence-electron chi connectivity index (χ4n) is 5.53. The Labute approximate surface area is 151 Å². The van der Waals surface area contributed by atoms with Crippen LogP contribution in [0.3, 0.4) is 0 Å². The quantitative estimate of drug-likeness (QED) is 0.789. The van der Waals surface area contributed by atoms with Crippen LogP contribution in [0.4, 0.5) is 0 Å². The highest BCUT2D eigenvalue weighted by Crippen LogP contribution is 2.45. The Hall–Kier alpha value is -1.10. The van der Waals surface area contributed by atoms with Gasteiger partial charge in [0.2, 0.25) is 0 Å². The Morgan fingerprint density at radius 2 is 1.96 bits per heavy atom. The maximum absolute atomic E-state index is 10.9. The highest BCUT2D eigenvalue weighted by molar-refractivity contribution is 5.45. The number of nitrogens with zero attached hydrogens (tertiary/aromatic N) is 1. The van der Waals surface area contributed by atoms with Crippen molar-refractivity contribution < 1.29 is 10.2 Å². The van der Waals surface area contributed by atoms with Gasteiger partial charge < -0.3 is 20.4 Å². The number of likely N-dealkylation sites (tertiary alicyclic amines) is 1. The van der Waals surface area contributed by atoms with Crippen molar-refractivity contribution in [1.29, 1.82) is 0 Å².